The van der Waals surface area contributed by atoms with Crippen LogP contribution in [-0.2, 0) is 10.5 Å². The van der Waals surface area contributed by atoms with E-state index in [1.54, 1.807) is 32.6 Å². The molecule has 7 nitrogen and oxygen atoms in total. The third-order valence-electron chi connectivity index (χ3n) is 5.43. The lowest BCUT2D eigenvalue weighted by Crippen LogP contribution is -2.29. The van der Waals surface area contributed by atoms with Gasteiger partial charge in [0.15, 0.2) is 11.5 Å². The summed E-state index contributed by atoms with van der Waals surface area (Å²) in [5.41, 5.74) is 2.63. The van der Waals surface area contributed by atoms with E-state index in [-0.39, 0.29) is 17.7 Å². The summed E-state index contributed by atoms with van der Waals surface area (Å²) in [6.45, 7) is 0. The van der Waals surface area contributed by atoms with Crippen molar-refractivity contribution in [2.75, 3.05) is 27.1 Å². The third kappa shape index (κ3) is 5.01. The van der Waals surface area contributed by atoms with Crippen molar-refractivity contribution in [3.63, 3.8) is 0 Å². The summed E-state index contributed by atoms with van der Waals surface area (Å²) in [6.07, 6.45) is 2.19. The highest BCUT2D eigenvalue weighted by molar-refractivity contribution is 7.99. The van der Waals surface area contributed by atoms with Gasteiger partial charge in [0.05, 0.1) is 50.9 Å². The summed E-state index contributed by atoms with van der Waals surface area (Å²) < 4.78 is 21.8. The second kappa shape index (κ2) is 10.5. The minimum atomic E-state index is -0.302. The number of hydrogen-bond donors (Lipinski definition) is 0. The third-order valence-corrected chi connectivity index (χ3v) is 6.37. The second-order valence-electron chi connectivity index (χ2n) is 7.39. The molecule has 0 saturated heterocycles. The predicted octanol–water partition coefficient (Wildman–Crippen LogP) is 4.92. The maximum atomic E-state index is 13.3. The number of carbonyl (C=O) groups is 1. The Labute approximate surface area is 197 Å². The summed E-state index contributed by atoms with van der Waals surface area (Å²) in [4.78, 5) is 13.3. The Kier molecular flexibility index (Phi) is 7.24. The minimum Gasteiger partial charge on any atom is -0.497 e. The molecule has 0 N–H and O–H groups in total. The molecule has 3 aromatic rings. The zero-order valence-electron chi connectivity index (χ0n) is 18.8. The van der Waals surface area contributed by atoms with Crippen LogP contribution in [0.3, 0.4) is 0 Å². The van der Waals surface area contributed by atoms with Crippen LogP contribution in [0.1, 0.15) is 29.3 Å². The number of rotatable bonds is 9. The molecule has 8 heteroatoms. The summed E-state index contributed by atoms with van der Waals surface area (Å²) in [7, 11) is 4.84. The largest absolute Gasteiger partial charge is 0.497 e. The topological polar surface area (TPSA) is 73.5 Å². The Morgan fingerprint density at radius 2 is 1.88 bits per heavy atom. The second-order valence-corrected chi connectivity index (χ2v) is 8.37. The molecular weight excluding hydrogens is 440 g/mol. The van der Waals surface area contributed by atoms with Crippen molar-refractivity contribution in [1.82, 2.24) is 5.01 Å². The first-order chi connectivity index (χ1) is 16.1. The summed E-state index contributed by atoms with van der Waals surface area (Å²) in [5, 5.41) is 6.32. The van der Waals surface area contributed by atoms with Gasteiger partial charge in [-0.2, -0.15) is 5.10 Å². The van der Waals surface area contributed by atoms with Gasteiger partial charge >= 0.3 is 0 Å². The molecule has 0 radical (unpaired) electrons. The number of nitrogens with zero attached hydrogens (tertiary/aromatic N) is 2. The molecule has 0 spiro atoms. The van der Waals surface area contributed by atoms with Gasteiger partial charge in [-0.25, -0.2) is 5.01 Å². The number of methoxy groups -OCH3 is 3. The number of furan rings is 1. The first kappa shape index (κ1) is 22.8. The molecular formula is C25H26N2O5S. The highest BCUT2D eigenvalue weighted by Gasteiger charge is 2.35. The average molecular weight is 467 g/mol. The van der Waals surface area contributed by atoms with E-state index < -0.39 is 0 Å². The fourth-order valence-corrected chi connectivity index (χ4v) is 4.59. The summed E-state index contributed by atoms with van der Waals surface area (Å²) >= 11 is 1.50. The SMILES string of the molecule is COc1ccc(C2=NN(C(=O)CSCc3ccco3)[C@H](c3cccc(OC)c3OC)C2)cc1. The number of carbonyl (C=O) groups excluding carboxylic acids is 1. The van der Waals surface area contributed by atoms with Gasteiger partial charge in [-0.3, -0.25) is 4.79 Å². The molecule has 2 aromatic carbocycles. The Morgan fingerprint density at radius 3 is 2.55 bits per heavy atom. The monoisotopic (exact) mass is 466 g/mol. The summed E-state index contributed by atoms with van der Waals surface area (Å²) in [6, 6.07) is 16.8. The predicted molar refractivity (Wildman–Crippen MR) is 128 cm³/mol. The highest BCUT2D eigenvalue weighted by Crippen LogP contribution is 2.42. The first-order valence-electron chi connectivity index (χ1n) is 10.5. The van der Waals surface area contributed by atoms with Gasteiger partial charge < -0.3 is 18.6 Å². The lowest BCUT2D eigenvalue weighted by Gasteiger charge is -2.24. The molecule has 0 saturated carbocycles. The van der Waals surface area contributed by atoms with Gasteiger partial charge in [0, 0.05) is 12.0 Å². The maximum Gasteiger partial charge on any atom is 0.253 e. The molecule has 0 unspecified atom stereocenters. The van der Waals surface area contributed by atoms with Crippen LogP contribution in [0.4, 0.5) is 0 Å². The van der Waals surface area contributed by atoms with Gasteiger partial charge in [0.2, 0.25) is 0 Å². The van der Waals surface area contributed by atoms with Gasteiger partial charge in [0.25, 0.3) is 5.91 Å². The molecule has 0 bridgehead atoms. The Bertz CT molecular complexity index is 1110. The molecule has 1 amide bonds. The normalized spacial score (nSPS) is 15.3. The standard InChI is InChI=1S/C25H26N2O5S/c1-29-18-11-9-17(10-12-18)21-14-22(20-7-4-8-23(30-2)25(20)31-3)27(26-21)24(28)16-33-15-19-6-5-13-32-19/h4-13,22H,14-16H2,1-3H3/t22-/m0/s1. The number of amides is 1. The fourth-order valence-electron chi connectivity index (χ4n) is 3.81. The highest BCUT2D eigenvalue weighted by atomic mass is 32.2. The maximum absolute atomic E-state index is 13.3. The van der Waals surface area contributed by atoms with E-state index in [2.05, 4.69) is 0 Å². The van der Waals surface area contributed by atoms with E-state index in [1.165, 1.54) is 11.8 Å². The number of hydrogen-bond acceptors (Lipinski definition) is 7. The van der Waals surface area contributed by atoms with Gasteiger partial charge in [-0.05, 0) is 48.0 Å². The Hall–Kier alpha value is -3.39. The van der Waals surface area contributed by atoms with Crippen molar-refractivity contribution in [3.05, 3.63) is 77.7 Å². The molecule has 33 heavy (non-hydrogen) atoms. The molecule has 172 valence electrons. The van der Waals surface area contributed by atoms with Crippen LogP contribution in [0.15, 0.2) is 70.4 Å². The number of ether oxygens (including phenoxy) is 3. The van der Waals surface area contributed by atoms with Crippen LogP contribution < -0.4 is 14.2 Å². The number of benzene rings is 2. The lowest BCUT2D eigenvalue weighted by molar-refractivity contribution is -0.130. The average Bonchev–Trinajstić information content (AvgIpc) is 3.54. The number of thioether (sulfide) groups is 1. The van der Waals surface area contributed by atoms with Crippen LogP contribution in [0.2, 0.25) is 0 Å². The zero-order valence-corrected chi connectivity index (χ0v) is 19.6. The summed E-state index contributed by atoms with van der Waals surface area (Å²) in [5.74, 6) is 3.65. The van der Waals surface area contributed by atoms with Crippen molar-refractivity contribution in [3.8, 4) is 17.2 Å². The van der Waals surface area contributed by atoms with Crippen LogP contribution >= 0.6 is 11.8 Å². The van der Waals surface area contributed by atoms with Crippen molar-refractivity contribution in [1.29, 1.82) is 0 Å². The van der Waals surface area contributed by atoms with E-state index in [4.69, 9.17) is 23.7 Å². The molecule has 1 aliphatic rings. The number of para-hydroxylation sites is 1. The van der Waals surface area contributed by atoms with E-state index in [0.29, 0.717) is 23.7 Å². The van der Waals surface area contributed by atoms with Gasteiger partial charge in [0.1, 0.15) is 11.5 Å². The van der Waals surface area contributed by atoms with E-state index in [1.807, 2.05) is 54.6 Å². The minimum absolute atomic E-state index is 0.0788. The van der Waals surface area contributed by atoms with Crippen LogP contribution in [0, 0.1) is 0 Å². The van der Waals surface area contributed by atoms with Crippen LogP contribution in [0.25, 0.3) is 0 Å². The molecule has 0 aliphatic carbocycles. The fraction of sp³-hybridized carbons (Fsp3) is 0.280. The van der Waals surface area contributed by atoms with Gasteiger partial charge in [-0.15, -0.1) is 11.8 Å². The van der Waals surface area contributed by atoms with Crippen LogP contribution in [-0.4, -0.2) is 43.7 Å². The van der Waals surface area contributed by atoms with Crippen molar-refractivity contribution in [2.24, 2.45) is 5.10 Å². The Morgan fingerprint density at radius 1 is 1.06 bits per heavy atom. The smallest absolute Gasteiger partial charge is 0.253 e. The van der Waals surface area contributed by atoms with E-state index >= 15 is 0 Å². The van der Waals surface area contributed by atoms with Crippen molar-refractivity contribution < 1.29 is 23.4 Å². The molecule has 0 fully saturated rings. The Balaban J connectivity index is 1.61. The van der Waals surface area contributed by atoms with Crippen molar-refractivity contribution in [2.45, 2.75) is 18.2 Å². The first-order valence-corrected chi connectivity index (χ1v) is 11.6. The molecule has 1 aromatic heterocycles. The number of hydrazone groups is 1. The van der Waals surface area contributed by atoms with E-state index in [9.17, 15) is 4.79 Å². The van der Waals surface area contributed by atoms with Crippen LogP contribution in [0.5, 0.6) is 17.2 Å². The quantitative estimate of drug-likeness (QED) is 0.446. The lowest BCUT2D eigenvalue weighted by atomic mass is 9.97. The molecule has 2 heterocycles. The van der Waals surface area contributed by atoms with E-state index in [0.717, 1.165) is 28.3 Å². The van der Waals surface area contributed by atoms with Crippen molar-refractivity contribution >= 4 is 23.4 Å². The molecule has 1 aliphatic heterocycles. The molecule has 1 atom stereocenters. The molecule has 4 rings (SSSR count). The van der Waals surface area contributed by atoms with Gasteiger partial charge in [-0.1, -0.05) is 12.1 Å². The zero-order chi connectivity index (χ0) is 23.2.